The van der Waals surface area contributed by atoms with E-state index in [0.29, 0.717) is 41.5 Å². The summed E-state index contributed by atoms with van der Waals surface area (Å²) in [6, 6.07) is 17.2. The molecule has 1 aromatic heterocycles. The van der Waals surface area contributed by atoms with Crippen LogP contribution in [-0.2, 0) is 0 Å². The number of aliphatic imine (C=N–C) groups is 2. The van der Waals surface area contributed by atoms with Crippen LogP contribution in [0.25, 0.3) is 0 Å². The first-order chi connectivity index (χ1) is 22.5. The summed E-state index contributed by atoms with van der Waals surface area (Å²) in [5.74, 6) is 3.52. The van der Waals surface area contributed by atoms with Gasteiger partial charge in [-0.15, -0.1) is 6.42 Å². The predicted octanol–water partition coefficient (Wildman–Crippen LogP) is 9.50. The Balaban J connectivity index is 0.00000118. The minimum atomic E-state index is -1.10. The number of likely N-dealkylation sites (tertiary alicyclic amines) is 1. The number of para-hydroxylation sites is 1. The lowest BCUT2D eigenvalue weighted by atomic mass is 9.91. The van der Waals surface area contributed by atoms with E-state index in [9.17, 15) is 13.6 Å². The van der Waals surface area contributed by atoms with E-state index in [4.69, 9.17) is 21.4 Å². The summed E-state index contributed by atoms with van der Waals surface area (Å²) in [7, 11) is 0. The molecule has 0 bridgehead atoms. The van der Waals surface area contributed by atoms with Crippen molar-refractivity contribution in [2.45, 2.75) is 79.1 Å². The monoisotopic (exact) mass is 636 g/mol. The summed E-state index contributed by atoms with van der Waals surface area (Å²) in [6.45, 7) is 13.9. The number of hydrogen-bond acceptors (Lipinski definition) is 4. The van der Waals surface area contributed by atoms with Crippen molar-refractivity contribution in [1.29, 1.82) is 0 Å². The lowest BCUT2D eigenvalue weighted by Gasteiger charge is -2.31. The van der Waals surface area contributed by atoms with E-state index in [-0.39, 0.29) is 11.8 Å². The van der Waals surface area contributed by atoms with E-state index in [1.807, 2.05) is 67.3 Å². The molecule has 7 heteroatoms. The number of terminal acetylenes is 1. The zero-order valence-electron chi connectivity index (χ0n) is 28.3. The molecule has 1 saturated heterocycles. The second-order valence-corrected chi connectivity index (χ2v) is 12.8. The highest BCUT2D eigenvalue weighted by Gasteiger charge is 2.27. The third kappa shape index (κ3) is 10.0. The van der Waals surface area contributed by atoms with E-state index in [0.717, 1.165) is 53.0 Å². The average molecular weight is 637 g/mol. The molecule has 0 N–H and O–H groups in total. The standard InChI is InChI=1S/C37H39FN4O.C3H7F/c1-6-33(41-34-13-8-7-10-24(34)2)29-16-18-42(19-17-29)37(43)32-20-25(3)35(39-23-32)36(40-26(4)21-28-14-15-28)31-12-9-11-30(22-31)27(5)38;1-3(2)4/h1,7-13,20,22-23,27-29H,4,14-19,21H2,2-3,5H3;3H,1-2H3. The third-order valence-electron chi connectivity index (χ3n) is 8.33. The van der Waals surface area contributed by atoms with Gasteiger partial charge in [0.05, 0.1) is 34.5 Å². The van der Waals surface area contributed by atoms with E-state index in [1.54, 1.807) is 12.3 Å². The maximum atomic E-state index is 14.2. The molecule has 0 radical (unpaired) electrons. The van der Waals surface area contributed by atoms with Crippen LogP contribution in [0.3, 0.4) is 0 Å². The minimum Gasteiger partial charge on any atom is -0.339 e. The van der Waals surface area contributed by atoms with Crippen LogP contribution in [0.15, 0.2) is 83.1 Å². The summed E-state index contributed by atoms with van der Waals surface area (Å²) in [5, 5.41) is 0. The van der Waals surface area contributed by atoms with Crippen molar-refractivity contribution in [2.24, 2.45) is 21.8 Å². The van der Waals surface area contributed by atoms with Crippen molar-refractivity contribution in [2.75, 3.05) is 13.1 Å². The molecule has 1 unspecified atom stereocenters. The van der Waals surface area contributed by atoms with Gasteiger partial charge in [0.25, 0.3) is 5.91 Å². The van der Waals surface area contributed by atoms with Crippen LogP contribution in [0, 0.1) is 38.0 Å². The fraction of sp³-hybridized carbons (Fsp3) is 0.400. The van der Waals surface area contributed by atoms with Gasteiger partial charge >= 0.3 is 0 Å². The average Bonchev–Trinajstić information content (AvgIpc) is 3.87. The highest BCUT2D eigenvalue weighted by atomic mass is 19.1. The molecule has 1 saturated carbocycles. The van der Waals surface area contributed by atoms with Crippen molar-refractivity contribution in [3.8, 4) is 12.3 Å². The van der Waals surface area contributed by atoms with Crippen LogP contribution < -0.4 is 0 Å². The normalized spacial score (nSPS) is 16.3. The van der Waals surface area contributed by atoms with E-state index < -0.39 is 12.3 Å². The topological polar surface area (TPSA) is 57.9 Å². The van der Waals surface area contributed by atoms with Crippen molar-refractivity contribution in [3.05, 3.63) is 107 Å². The molecule has 246 valence electrons. The number of carbonyl (C=O) groups is 1. The number of aryl methyl sites for hydroxylation is 2. The Bertz CT molecular complexity index is 1670. The van der Waals surface area contributed by atoms with Crippen LogP contribution >= 0.6 is 0 Å². The minimum absolute atomic E-state index is 0.0522. The Morgan fingerprint density at radius 2 is 1.68 bits per heavy atom. The molecule has 1 atom stereocenters. The van der Waals surface area contributed by atoms with Gasteiger partial charge in [-0.1, -0.05) is 48.9 Å². The Morgan fingerprint density at radius 3 is 2.28 bits per heavy atom. The highest BCUT2D eigenvalue weighted by molar-refractivity contribution is 6.13. The zero-order chi connectivity index (χ0) is 34.1. The van der Waals surface area contributed by atoms with Crippen LogP contribution in [0.4, 0.5) is 14.5 Å². The number of carbonyl (C=O) groups excluding carboxylic acids is 1. The van der Waals surface area contributed by atoms with Crippen LogP contribution in [0.1, 0.15) is 97.4 Å². The number of allylic oxidation sites excluding steroid dienone is 1. The second kappa shape index (κ2) is 16.4. The number of halogens is 2. The van der Waals surface area contributed by atoms with Crippen LogP contribution in [-0.4, -0.2) is 46.5 Å². The number of rotatable bonds is 9. The van der Waals surface area contributed by atoms with Gasteiger partial charge in [0.15, 0.2) is 0 Å². The Morgan fingerprint density at radius 1 is 1.00 bits per heavy atom. The Hall–Kier alpha value is -4.44. The van der Waals surface area contributed by atoms with Crippen molar-refractivity contribution in [1.82, 2.24) is 9.88 Å². The molecular formula is C40H46F2N4O. The number of amides is 1. The maximum absolute atomic E-state index is 14.2. The van der Waals surface area contributed by atoms with Crippen LogP contribution in [0.2, 0.25) is 0 Å². The first-order valence-corrected chi connectivity index (χ1v) is 16.5. The number of pyridine rings is 1. The van der Waals surface area contributed by atoms with Crippen LogP contribution in [0.5, 0.6) is 0 Å². The van der Waals surface area contributed by atoms with E-state index in [1.165, 1.54) is 33.6 Å². The van der Waals surface area contributed by atoms with Crippen molar-refractivity contribution in [3.63, 3.8) is 0 Å². The molecule has 0 spiro atoms. The Labute approximate surface area is 279 Å². The van der Waals surface area contributed by atoms with E-state index >= 15 is 0 Å². The number of nitrogens with zero attached hydrogens (tertiary/aromatic N) is 4. The predicted molar refractivity (Wildman–Crippen MR) is 189 cm³/mol. The summed E-state index contributed by atoms with van der Waals surface area (Å²) in [5.41, 5.74) is 7.56. The second-order valence-electron chi connectivity index (χ2n) is 12.8. The fourth-order valence-corrected chi connectivity index (χ4v) is 5.58. The largest absolute Gasteiger partial charge is 0.339 e. The number of benzene rings is 2. The summed E-state index contributed by atoms with van der Waals surface area (Å²) < 4.78 is 25.2. The lowest BCUT2D eigenvalue weighted by Crippen LogP contribution is -2.40. The highest BCUT2D eigenvalue weighted by Crippen LogP contribution is 2.35. The van der Waals surface area contributed by atoms with Gasteiger partial charge in [-0.3, -0.25) is 14.8 Å². The van der Waals surface area contributed by atoms with Gasteiger partial charge in [-0.25, -0.2) is 13.8 Å². The first-order valence-electron chi connectivity index (χ1n) is 16.5. The number of aromatic nitrogens is 1. The van der Waals surface area contributed by atoms with Gasteiger partial charge in [-0.05, 0) is 108 Å². The molecule has 2 fully saturated rings. The van der Waals surface area contributed by atoms with Crippen molar-refractivity contribution >= 4 is 23.0 Å². The van der Waals surface area contributed by atoms with Crippen molar-refractivity contribution < 1.29 is 13.6 Å². The number of hydrogen-bond donors (Lipinski definition) is 0. The molecule has 5 nitrogen and oxygen atoms in total. The molecule has 3 aromatic rings. The van der Waals surface area contributed by atoms with Gasteiger partial charge in [-0.2, -0.15) is 0 Å². The van der Waals surface area contributed by atoms with Gasteiger partial charge in [0.1, 0.15) is 6.17 Å². The van der Waals surface area contributed by atoms with Gasteiger partial charge < -0.3 is 4.90 Å². The summed E-state index contributed by atoms with van der Waals surface area (Å²) >= 11 is 0. The first kappa shape index (κ1) is 35.4. The number of alkyl halides is 2. The lowest BCUT2D eigenvalue weighted by molar-refractivity contribution is 0.0710. The number of piperidine rings is 1. The zero-order valence-corrected chi connectivity index (χ0v) is 28.3. The quantitative estimate of drug-likeness (QED) is 0.174. The fourth-order valence-electron chi connectivity index (χ4n) is 5.58. The molecule has 2 heterocycles. The molecule has 2 aliphatic rings. The molecule has 5 rings (SSSR count). The molecule has 1 amide bonds. The van der Waals surface area contributed by atoms with E-state index in [2.05, 4.69) is 12.5 Å². The summed E-state index contributed by atoms with van der Waals surface area (Å²) in [6.07, 6.45) is 10.5. The molecule has 1 aliphatic carbocycles. The smallest absolute Gasteiger partial charge is 0.255 e. The van der Waals surface area contributed by atoms with Gasteiger partial charge in [0, 0.05) is 36.5 Å². The molecule has 2 aromatic carbocycles. The third-order valence-corrected chi connectivity index (χ3v) is 8.33. The maximum Gasteiger partial charge on any atom is 0.255 e. The molecule has 47 heavy (non-hydrogen) atoms. The SMILES string of the molecule is C#CC(=Nc1ccccc1C)C1CCN(C(=O)c2cnc(C(=NC(=C)CC3CC3)c3cccc(C(C)F)c3)c(C)c2)CC1.CC(C)F. The molecule has 1 aliphatic heterocycles. The summed E-state index contributed by atoms with van der Waals surface area (Å²) in [4.78, 5) is 29.8. The van der Waals surface area contributed by atoms with Gasteiger partial charge in [0.2, 0.25) is 0 Å². The molecular weight excluding hydrogens is 590 g/mol. The Kier molecular flexibility index (Phi) is 12.4.